The summed E-state index contributed by atoms with van der Waals surface area (Å²) in [5.41, 5.74) is 1.68. The molecule has 0 aromatic heterocycles. The Labute approximate surface area is 198 Å². The Bertz CT molecular complexity index is 1040. The molecule has 2 aromatic carbocycles. The Morgan fingerprint density at radius 1 is 1.00 bits per heavy atom. The van der Waals surface area contributed by atoms with Gasteiger partial charge in [0.15, 0.2) is 0 Å². The van der Waals surface area contributed by atoms with Crippen molar-refractivity contribution in [1.82, 2.24) is 4.90 Å². The van der Waals surface area contributed by atoms with Gasteiger partial charge in [0.2, 0.25) is 0 Å². The summed E-state index contributed by atoms with van der Waals surface area (Å²) in [4.78, 5) is 14.5. The predicted octanol–water partition coefficient (Wildman–Crippen LogP) is 5.14. The van der Waals surface area contributed by atoms with Gasteiger partial charge in [0, 0.05) is 19.0 Å². The molecular weight excluding hydrogens is 434 g/mol. The molecule has 1 unspecified atom stereocenters. The molecule has 2 aliphatic carbocycles. The van der Waals surface area contributed by atoms with Gasteiger partial charge in [-0.15, -0.1) is 0 Å². The van der Waals surface area contributed by atoms with E-state index in [1.54, 1.807) is 0 Å². The molecular formula is C27H35NO4S. The quantitative estimate of drug-likeness (QED) is 0.614. The highest BCUT2D eigenvalue weighted by molar-refractivity contribution is 7.85. The maximum atomic E-state index is 11.9. The molecule has 33 heavy (non-hydrogen) atoms. The van der Waals surface area contributed by atoms with Crippen LogP contribution in [0.2, 0.25) is 0 Å². The Morgan fingerprint density at radius 3 is 1.88 bits per heavy atom. The fraction of sp³-hybridized carbons (Fsp3) is 0.519. The smallest absolute Gasteiger partial charge is 0.265 e. The second-order valence-corrected chi connectivity index (χ2v) is 11.9. The average Bonchev–Trinajstić information content (AvgIpc) is 3.11. The number of carbonyl (C=O) groups is 1. The molecule has 0 amide bonds. The summed E-state index contributed by atoms with van der Waals surface area (Å²) in [5, 5.41) is 0. The molecule has 2 saturated carbocycles. The summed E-state index contributed by atoms with van der Waals surface area (Å²) < 4.78 is 31.0. The van der Waals surface area contributed by atoms with E-state index in [9.17, 15) is 13.2 Å². The van der Waals surface area contributed by atoms with E-state index in [4.69, 9.17) is 4.55 Å². The highest BCUT2D eigenvalue weighted by atomic mass is 32.2. The average molecular weight is 470 g/mol. The van der Waals surface area contributed by atoms with Crippen LogP contribution in [0.4, 0.5) is 0 Å². The van der Waals surface area contributed by atoms with Gasteiger partial charge in [-0.3, -0.25) is 14.2 Å². The molecule has 5 nitrogen and oxygen atoms in total. The molecule has 1 N–H and O–H groups in total. The number of Topliss-reactive ketones (excluding diaryl/α,β-unsaturated/α-hetero) is 1. The standard InChI is InChI=1S/C17H19N.C10H16O4S/c1-14-12-13-18(14)17(15-8-4-2-5-9-15)16-10-6-3-7-11-16;1-9(2)7-3-4-10(9,8(11)5-7)6-15(12,13)14/h2-11,14,17H,12-13H2,1H3;7H,3-6H2,1-2H3,(H,12,13,14)/t;7-,10-/m.1/s1. The number of rotatable bonds is 5. The number of fused-ring (bicyclic) bond motifs is 2. The molecule has 6 heteroatoms. The molecule has 3 fully saturated rings. The summed E-state index contributed by atoms with van der Waals surface area (Å²) in [6, 6.07) is 22.8. The topological polar surface area (TPSA) is 74.7 Å². The van der Waals surface area contributed by atoms with E-state index in [2.05, 4.69) is 72.5 Å². The SMILES string of the molecule is CC1(C)[C@@H]2CC[C@@]1(CS(=O)(=O)O)C(=O)C2.CC1CCN1C(c1ccccc1)c1ccccc1. The maximum Gasteiger partial charge on any atom is 0.265 e. The van der Waals surface area contributed by atoms with Crippen LogP contribution < -0.4 is 0 Å². The molecule has 2 aromatic rings. The Kier molecular flexibility index (Phi) is 6.56. The zero-order valence-corrected chi connectivity index (χ0v) is 20.6. The first-order valence-electron chi connectivity index (χ1n) is 11.9. The summed E-state index contributed by atoms with van der Waals surface area (Å²) in [7, 11) is -4.08. The van der Waals surface area contributed by atoms with Crippen molar-refractivity contribution in [2.24, 2.45) is 16.7 Å². The molecule has 1 saturated heterocycles. The third-order valence-electron chi connectivity index (χ3n) is 8.50. The van der Waals surface area contributed by atoms with Crippen LogP contribution in [0.25, 0.3) is 0 Å². The van der Waals surface area contributed by atoms with E-state index in [1.807, 2.05) is 13.8 Å². The summed E-state index contributed by atoms with van der Waals surface area (Å²) in [6.45, 7) is 7.42. The van der Waals surface area contributed by atoms with Crippen LogP contribution in [0.15, 0.2) is 60.7 Å². The van der Waals surface area contributed by atoms with E-state index < -0.39 is 21.3 Å². The monoisotopic (exact) mass is 469 g/mol. The Hall–Kier alpha value is -2.02. The molecule has 2 bridgehead atoms. The van der Waals surface area contributed by atoms with Crippen molar-refractivity contribution in [3.63, 3.8) is 0 Å². The van der Waals surface area contributed by atoms with Gasteiger partial charge in [-0.1, -0.05) is 74.5 Å². The Morgan fingerprint density at radius 2 is 1.55 bits per heavy atom. The lowest BCUT2D eigenvalue weighted by atomic mass is 9.70. The first-order chi connectivity index (χ1) is 15.6. The molecule has 3 atom stereocenters. The van der Waals surface area contributed by atoms with Crippen LogP contribution in [0, 0.1) is 16.7 Å². The van der Waals surface area contributed by atoms with Crippen molar-refractivity contribution in [3.05, 3.63) is 71.8 Å². The summed E-state index contributed by atoms with van der Waals surface area (Å²) in [5.74, 6) is -0.101. The predicted molar refractivity (Wildman–Crippen MR) is 130 cm³/mol. The van der Waals surface area contributed by atoms with Crippen molar-refractivity contribution in [2.75, 3.05) is 12.3 Å². The van der Waals surface area contributed by atoms with Gasteiger partial charge in [0.25, 0.3) is 10.1 Å². The highest BCUT2D eigenvalue weighted by Crippen LogP contribution is 2.64. The third kappa shape index (κ3) is 4.53. The van der Waals surface area contributed by atoms with Gasteiger partial charge >= 0.3 is 0 Å². The lowest BCUT2D eigenvalue weighted by Gasteiger charge is -2.45. The summed E-state index contributed by atoms with van der Waals surface area (Å²) in [6.07, 6.45) is 3.29. The third-order valence-corrected chi connectivity index (χ3v) is 9.36. The van der Waals surface area contributed by atoms with E-state index in [1.165, 1.54) is 24.1 Å². The molecule has 1 heterocycles. The van der Waals surface area contributed by atoms with Crippen molar-refractivity contribution in [1.29, 1.82) is 0 Å². The van der Waals surface area contributed by atoms with Gasteiger partial charge < -0.3 is 0 Å². The molecule has 178 valence electrons. The first-order valence-corrected chi connectivity index (χ1v) is 13.5. The largest absolute Gasteiger partial charge is 0.299 e. The number of likely N-dealkylation sites (tertiary alicyclic amines) is 1. The number of benzene rings is 2. The second-order valence-electron chi connectivity index (χ2n) is 10.5. The molecule has 0 radical (unpaired) electrons. The normalized spacial score (nSPS) is 28.3. The van der Waals surface area contributed by atoms with Crippen molar-refractivity contribution < 1.29 is 17.8 Å². The molecule has 1 aliphatic heterocycles. The Balaban J connectivity index is 0.000000160. The van der Waals surface area contributed by atoms with Crippen LogP contribution >= 0.6 is 0 Å². The van der Waals surface area contributed by atoms with Gasteiger partial charge in [-0.25, -0.2) is 0 Å². The lowest BCUT2D eigenvalue weighted by molar-refractivity contribution is -0.128. The van der Waals surface area contributed by atoms with E-state index in [-0.39, 0.29) is 17.1 Å². The van der Waals surface area contributed by atoms with Crippen molar-refractivity contribution in [2.45, 2.75) is 58.5 Å². The number of carbonyl (C=O) groups excluding carboxylic acids is 1. The molecule has 3 aliphatic rings. The minimum atomic E-state index is -4.08. The van der Waals surface area contributed by atoms with Crippen LogP contribution in [-0.2, 0) is 14.9 Å². The molecule has 0 spiro atoms. The van der Waals surface area contributed by atoms with E-state index >= 15 is 0 Å². The zero-order chi connectivity index (χ0) is 23.9. The number of ketones is 1. The fourth-order valence-corrected chi connectivity index (χ4v) is 7.49. The number of hydrogen-bond donors (Lipinski definition) is 1. The maximum absolute atomic E-state index is 11.9. The van der Waals surface area contributed by atoms with E-state index in [0.29, 0.717) is 24.9 Å². The fourth-order valence-electron chi connectivity index (χ4n) is 6.19. The lowest BCUT2D eigenvalue weighted by Crippen LogP contribution is -2.47. The first kappa shape index (κ1) is 24.1. The van der Waals surface area contributed by atoms with Crippen LogP contribution in [0.1, 0.15) is 63.6 Å². The van der Waals surface area contributed by atoms with Gasteiger partial charge in [-0.05, 0) is 48.6 Å². The summed E-state index contributed by atoms with van der Waals surface area (Å²) >= 11 is 0. The van der Waals surface area contributed by atoms with Crippen molar-refractivity contribution in [3.8, 4) is 0 Å². The van der Waals surface area contributed by atoms with Gasteiger partial charge in [0.1, 0.15) is 5.78 Å². The van der Waals surface area contributed by atoms with Crippen LogP contribution in [0.3, 0.4) is 0 Å². The van der Waals surface area contributed by atoms with Gasteiger partial charge in [0.05, 0.1) is 17.2 Å². The minimum absolute atomic E-state index is 0.0152. The zero-order valence-electron chi connectivity index (χ0n) is 19.8. The van der Waals surface area contributed by atoms with Crippen LogP contribution in [0.5, 0.6) is 0 Å². The van der Waals surface area contributed by atoms with Crippen molar-refractivity contribution >= 4 is 15.9 Å². The minimum Gasteiger partial charge on any atom is -0.299 e. The highest BCUT2D eigenvalue weighted by Gasteiger charge is 2.65. The number of hydrogen-bond acceptors (Lipinski definition) is 4. The van der Waals surface area contributed by atoms with Gasteiger partial charge in [-0.2, -0.15) is 8.42 Å². The molecule has 5 rings (SSSR count). The van der Waals surface area contributed by atoms with Crippen LogP contribution in [-0.4, -0.2) is 42.0 Å². The second kappa shape index (κ2) is 8.97. The van der Waals surface area contributed by atoms with E-state index in [0.717, 1.165) is 6.42 Å². The number of nitrogens with zero attached hydrogens (tertiary/aromatic N) is 1.